The molecule has 110 valence electrons. The second-order valence-electron chi connectivity index (χ2n) is 5.65. The second-order valence-corrected chi connectivity index (χ2v) is 6.50. The molecule has 0 saturated carbocycles. The molecule has 0 radical (unpaired) electrons. The Balaban J connectivity index is 2.12. The summed E-state index contributed by atoms with van der Waals surface area (Å²) in [6.45, 7) is 2.37. The molecule has 1 heterocycles. The van der Waals surface area contributed by atoms with E-state index in [0.29, 0.717) is 11.6 Å². The first kappa shape index (κ1) is 14.9. The van der Waals surface area contributed by atoms with Crippen LogP contribution in [0.5, 0.6) is 0 Å². The number of benzene rings is 2. The van der Waals surface area contributed by atoms with Crippen LogP contribution in [0, 0.1) is 0 Å². The average Bonchev–Trinajstić information content (AvgIpc) is 2.47. The van der Waals surface area contributed by atoms with E-state index in [1.165, 1.54) is 16.7 Å². The molecule has 0 amide bonds. The van der Waals surface area contributed by atoms with Crippen molar-refractivity contribution in [2.24, 2.45) is 5.73 Å². The van der Waals surface area contributed by atoms with Crippen LogP contribution in [0.2, 0.25) is 10.0 Å². The molecular weight excluding hydrogens is 303 g/mol. The largest absolute Gasteiger partial charge is 0.326 e. The van der Waals surface area contributed by atoms with Crippen LogP contribution in [0.4, 0.5) is 0 Å². The van der Waals surface area contributed by atoms with Gasteiger partial charge in [-0.2, -0.15) is 0 Å². The highest BCUT2D eigenvalue weighted by Gasteiger charge is 2.27. The van der Waals surface area contributed by atoms with Gasteiger partial charge in [0.25, 0.3) is 0 Å². The Morgan fingerprint density at radius 1 is 1.24 bits per heavy atom. The van der Waals surface area contributed by atoms with Crippen molar-refractivity contribution in [1.29, 1.82) is 0 Å². The van der Waals surface area contributed by atoms with Crippen molar-refractivity contribution in [1.82, 2.24) is 4.90 Å². The molecule has 4 heteroatoms. The summed E-state index contributed by atoms with van der Waals surface area (Å²) in [7, 11) is 2.12. The fraction of sp³-hybridized carbons (Fsp3) is 0.294. The highest BCUT2D eigenvalue weighted by Crippen LogP contribution is 2.38. The molecule has 1 atom stereocenters. The third kappa shape index (κ3) is 2.95. The van der Waals surface area contributed by atoms with Gasteiger partial charge in [-0.05, 0) is 41.4 Å². The number of nitrogens with two attached hydrogens (primary N) is 1. The highest BCUT2D eigenvalue weighted by molar-refractivity contribution is 6.35. The fourth-order valence-electron chi connectivity index (χ4n) is 3.07. The van der Waals surface area contributed by atoms with Gasteiger partial charge in [-0.1, -0.05) is 47.5 Å². The van der Waals surface area contributed by atoms with Gasteiger partial charge in [-0.15, -0.1) is 0 Å². The minimum Gasteiger partial charge on any atom is -0.326 e. The van der Waals surface area contributed by atoms with Crippen LogP contribution < -0.4 is 5.73 Å². The van der Waals surface area contributed by atoms with E-state index in [4.69, 9.17) is 28.9 Å². The van der Waals surface area contributed by atoms with E-state index in [1.807, 2.05) is 6.07 Å². The standard InChI is InChI=1S/C17H18Cl2N2/c1-21-9-15(12-4-2-3-11(5-12)8-20)14-6-13(18)7-17(19)16(14)10-21/h2-7,15H,8-10,20H2,1H3. The van der Waals surface area contributed by atoms with Gasteiger partial charge in [0.2, 0.25) is 0 Å². The Hall–Kier alpha value is -1.06. The normalized spacial score (nSPS) is 18.6. The van der Waals surface area contributed by atoms with Gasteiger partial charge in [0, 0.05) is 35.6 Å². The van der Waals surface area contributed by atoms with Crippen molar-refractivity contribution in [3.8, 4) is 0 Å². The first-order chi connectivity index (χ1) is 10.1. The van der Waals surface area contributed by atoms with Gasteiger partial charge < -0.3 is 10.6 Å². The van der Waals surface area contributed by atoms with Gasteiger partial charge in [0.1, 0.15) is 0 Å². The fourth-order valence-corrected chi connectivity index (χ4v) is 3.64. The molecule has 2 aromatic carbocycles. The lowest BCUT2D eigenvalue weighted by Crippen LogP contribution is -2.31. The van der Waals surface area contributed by atoms with Crippen LogP contribution in [0.25, 0.3) is 0 Å². The van der Waals surface area contributed by atoms with E-state index in [-0.39, 0.29) is 5.92 Å². The van der Waals surface area contributed by atoms with Gasteiger partial charge >= 0.3 is 0 Å². The number of hydrogen-bond donors (Lipinski definition) is 1. The summed E-state index contributed by atoms with van der Waals surface area (Å²) in [5, 5.41) is 1.45. The predicted molar refractivity (Wildman–Crippen MR) is 89.0 cm³/mol. The molecule has 21 heavy (non-hydrogen) atoms. The molecule has 0 aromatic heterocycles. The monoisotopic (exact) mass is 320 g/mol. The highest BCUT2D eigenvalue weighted by atomic mass is 35.5. The first-order valence-electron chi connectivity index (χ1n) is 7.03. The van der Waals surface area contributed by atoms with E-state index in [0.717, 1.165) is 23.7 Å². The summed E-state index contributed by atoms with van der Waals surface area (Å²) in [6, 6.07) is 12.3. The maximum Gasteiger partial charge on any atom is 0.0468 e. The Kier molecular flexibility index (Phi) is 4.23. The van der Waals surface area contributed by atoms with E-state index in [2.05, 4.69) is 42.3 Å². The molecule has 0 bridgehead atoms. The summed E-state index contributed by atoms with van der Waals surface area (Å²) in [6.07, 6.45) is 0. The minimum absolute atomic E-state index is 0.279. The number of likely N-dealkylation sites (N-methyl/N-ethyl adjacent to an activating group) is 1. The quantitative estimate of drug-likeness (QED) is 0.905. The molecule has 0 saturated heterocycles. The van der Waals surface area contributed by atoms with Crippen LogP contribution in [0.3, 0.4) is 0 Å². The minimum atomic E-state index is 0.279. The summed E-state index contributed by atoms with van der Waals surface area (Å²) in [4.78, 5) is 2.29. The zero-order valence-corrected chi connectivity index (χ0v) is 13.5. The maximum atomic E-state index is 6.39. The van der Waals surface area contributed by atoms with Crippen molar-refractivity contribution in [3.63, 3.8) is 0 Å². The smallest absolute Gasteiger partial charge is 0.0468 e. The number of halogens is 2. The van der Waals surface area contributed by atoms with Crippen LogP contribution >= 0.6 is 23.2 Å². The topological polar surface area (TPSA) is 29.3 Å². The molecule has 2 N–H and O–H groups in total. The van der Waals surface area contributed by atoms with E-state index >= 15 is 0 Å². The van der Waals surface area contributed by atoms with E-state index in [9.17, 15) is 0 Å². The molecule has 3 rings (SSSR count). The Morgan fingerprint density at radius 2 is 2.05 bits per heavy atom. The van der Waals surface area contributed by atoms with Crippen LogP contribution in [-0.4, -0.2) is 18.5 Å². The predicted octanol–water partition coefficient (Wildman–Crippen LogP) is 4.03. The third-order valence-corrected chi connectivity index (χ3v) is 4.64. The molecule has 0 fully saturated rings. The molecule has 2 nitrogen and oxygen atoms in total. The second kappa shape index (κ2) is 5.98. The van der Waals surface area contributed by atoms with Crippen molar-refractivity contribution >= 4 is 23.2 Å². The lowest BCUT2D eigenvalue weighted by molar-refractivity contribution is 0.295. The number of fused-ring (bicyclic) bond motifs is 1. The zero-order chi connectivity index (χ0) is 15.0. The summed E-state index contributed by atoms with van der Waals surface area (Å²) < 4.78 is 0. The van der Waals surface area contributed by atoms with Crippen molar-refractivity contribution in [3.05, 3.63) is 68.7 Å². The molecule has 1 aliphatic heterocycles. The summed E-state index contributed by atoms with van der Waals surface area (Å²) in [5.74, 6) is 0.279. The number of hydrogen-bond acceptors (Lipinski definition) is 2. The van der Waals surface area contributed by atoms with Crippen molar-refractivity contribution < 1.29 is 0 Å². The SMILES string of the molecule is CN1Cc2c(Cl)cc(Cl)cc2C(c2cccc(CN)c2)C1. The zero-order valence-electron chi connectivity index (χ0n) is 11.9. The van der Waals surface area contributed by atoms with Crippen molar-refractivity contribution in [2.45, 2.75) is 19.0 Å². The van der Waals surface area contributed by atoms with Crippen LogP contribution in [0.15, 0.2) is 36.4 Å². The third-order valence-electron chi connectivity index (χ3n) is 4.08. The van der Waals surface area contributed by atoms with E-state index < -0.39 is 0 Å². The molecule has 1 aliphatic rings. The van der Waals surface area contributed by atoms with Crippen LogP contribution in [-0.2, 0) is 13.1 Å². The molecule has 0 aliphatic carbocycles. The van der Waals surface area contributed by atoms with Gasteiger partial charge in [0.05, 0.1) is 0 Å². The Labute approximate surface area is 135 Å². The average molecular weight is 321 g/mol. The number of rotatable bonds is 2. The number of nitrogens with zero attached hydrogens (tertiary/aromatic N) is 1. The lowest BCUT2D eigenvalue weighted by atomic mass is 9.84. The molecule has 2 aromatic rings. The Morgan fingerprint density at radius 3 is 2.81 bits per heavy atom. The van der Waals surface area contributed by atoms with Crippen LogP contribution in [0.1, 0.15) is 28.2 Å². The van der Waals surface area contributed by atoms with Gasteiger partial charge in [0.15, 0.2) is 0 Å². The molecular formula is C17H18Cl2N2. The Bertz CT molecular complexity index is 670. The summed E-state index contributed by atoms with van der Waals surface area (Å²) >= 11 is 12.6. The van der Waals surface area contributed by atoms with Gasteiger partial charge in [-0.3, -0.25) is 0 Å². The van der Waals surface area contributed by atoms with Gasteiger partial charge in [-0.25, -0.2) is 0 Å². The van der Waals surface area contributed by atoms with Crippen molar-refractivity contribution in [2.75, 3.05) is 13.6 Å². The van der Waals surface area contributed by atoms with E-state index in [1.54, 1.807) is 0 Å². The maximum absolute atomic E-state index is 6.39. The lowest BCUT2D eigenvalue weighted by Gasteiger charge is -2.33. The molecule has 0 spiro atoms. The molecule has 1 unspecified atom stereocenters. The summed E-state index contributed by atoms with van der Waals surface area (Å²) in [5.41, 5.74) is 10.6. The first-order valence-corrected chi connectivity index (χ1v) is 7.79.